The predicted molar refractivity (Wildman–Crippen MR) is 86.9 cm³/mol. The number of aromatic nitrogens is 2. The first-order chi connectivity index (χ1) is 9.81. The maximum atomic E-state index is 9.16. The Labute approximate surface area is 127 Å². The van der Waals surface area contributed by atoms with E-state index in [0.29, 0.717) is 0 Å². The summed E-state index contributed by atoms with van der Waals surface area (Å²) >= 11 is 0. The van der Waals surface area contributed by atoms with Crippen LogP contribution in [0.2, 0.25) is 0 Å². The van der Waals surface area contributed by atoms with E-state index in [1.54, 1.807) is 0 Å². The highest BCUT2D eigenvalue weighted by Crippen LogP contribution is 2.48. The molecule has 3 N–H and O–H groups in total. The molecule has 1 aromatic heterocycles. The fourth-order valence-corrected chi connectivity index (χ4v) is 2.47. The molecule has 118 valence electrons. The first-order valence-corrected chi connectivity index (χ1v) is 7.73. The number of nitrogens with one attached hydrogen (secondary N) is 2. The summed E-state index contributed by atoms with van der Waals surface area (Å²) < 4.78 is 0. The number of nitrogens with zero attached hydrogens (tertiary/aromatic N) is 2. The number of anilines is 2. The van der Waals surface area contributed by atoms with Gasteiger partial charge in [0.15, 0.2) is 0 Å². The largest absolute Gasteiger partial charge is 0.396 e. The zero-order valence-corrected chi connectivity index (χ0v) is 13.9. The van der Waals surface area contributed by atoms with Gasteiger partial charge in [-0.2, -0.15) is 0 Å². The molecule has 1 saturated carbocycles. The zero-order valence-electron chi connectivity index (χ0n) is 13.9. The topological polar surface area (TPSA) is 70.1 Å². The number of hydrogen-bond donors (Lipinski definition) is 3. The van der Waals surface area contributed by atoms with Crippen molar-refractivity contribution >= 4 is 11.6 Å². The van der Waals surface area contributed by atoms with E-state index >= 15 is 0 Å². The third-order valence-corrected chi connectivity index (χ3v) is 4.28. The van der Waals surface area contributed by atoms with Crippen molar-refractivity contribution in [1.82, 2.24) is 9.97 Å². The summed E-state index contributed by atoms with van der Waals surface area (Å²) in [7, 11) is 1.89. The van der Waals surface area contributed by atoms with Crippen LogP contribution in [-0.2, 0) is 5.41 Å². The smallest absolute Gasteiger partial charge is 0.138 e. The van der Waals surface area contributed by atoms with Crippen LogP contribution in [0.4, 0.5) is 11.6 Å². The number of aliphatic hydroxyl groups excluding tert-OH is 1. The number of rotatable bonds is 6. The van der Waals surface area contributed by atoms with Crippen LogP contribution in [0, 0.1) is 12.3 Å². The molecule has 2 rings (SSSR count). The van der Waals surface area contributed by atoms with E-state index in [0.717, 1.165) is 36.0 Å². The Kier molecular flexibility index (Phi) is 4.42. The number of aliphatic hydroxyl groups is 1. The van der Waals surface area contributed by atoms with E-state index in [2.05, 4.69) is 36.4 Å². The monoisotopic (exact) mass is 292 g/mol. The van der Waals surface area contributed by atoms with E-state index in [1.165, 1.54) is 12.8 Å². The molecule has 0 spiro atoms. The average molecular weight is 292 g/mol. The summed E-state index contributed by atoms with van der Waals surface area (Å²) in [5.74, 6) is 2.62. The van der Waals surface area contributed by atoms with E-state index in [9.17, 15) is 0 Å². The van der Waals surface area contributed by atoms with Crippen LogP contribution < -0.4 is 10.6 Å². The van der Waals surface area contributed by atoms with Gasteiger partial charge in [0.2, 0.25) is 0 Å². The molecule has 5 nitrogen and oxygen atoms in total. The maximum absolute atomic E-state index is 9.16. The molecular formula is C16H28N4O. The third kappa shape index (κ3) is 3.64. The molecule has 1 heterocycles. The molecule has 0 amide bonds. The number of hydrogen-bond acceptors (Lipinski definition) is 5. The lowest BCUT2D eigenvalue weighted by Gasteiger charge is -2.22. The fraction of sp³-hybridized carbons (Fsp3) is 0.750. The van der Waals surface area contributed by atoms with Crippen LogP contribution in [0.15, 0.2) is 0 Å². The van der Waals surface area contributed by atoms with Gasteiger partial charge in [0.05, 0.1) is 0 Å². The Hall–Kier alpha value is -1.36. The lowest BCUT2D eigenvalue weighted by atomic mass is 9.95. The Bertz CT molecular complexity index is 504. The summed E-state index contributed by atoms with van der Waals surface area (Å²) in [4.78, 5) is 9.34. The van der Waals surface area contributed by atoms with Crippen molar-refractivity contribution in [2.45, 2.75) is 52.4 Å². The van der Waals surface area contributed by atoms with Crippen LogP contribution in [0.5, 0.6) is 0 Å². The molecule has 0 saturated heterocycles. The first kappa shape index (κ1) is 16.0. The average Bonchev–Trinajstić information content (AvgIpc) is 3.17. The fourth-order valence-electron chi connectivity index (χ4n) is 2.47. The quantitative estimate of drug-likeness (QED) is 0.752. The highest BCUT2D eigenvalue weighted by Gasteiger charge is 2.41. The molecule has 0 atom stereocenters. The second-order valence-electron chi connectivity index (χ2n) is 7.20. The van der Waals surface area contributed by atoms with Gasteiger partial charge in [-0.1, -0.05) is 20.8 Å². The Morgan fingerprint density at radius 3 is 2.29 bits per heavy atom. The van der Waals surface area contributed by atoms with Gasteiger partial charge in [-0.05, 0) is 31.6 Å². The maximum Gasteiger partial charge on any atom is 0.138 e. The van der Waals surface area contributed by atoms with Crippen LogP contribution >= 0.6 is 0 Å². The molecule has 5 heteroatoms. The van der Waals surface area contributed by atoms with E-state index in [1.807, 2.05) is 14.0 Å². The van der Waals surface area contributed by atoms with Gasteiger partial charge in [0.25, 0.3) is 0 Å². The molecule has 0 aliphatic heterocycles. The molecule has 21 heavy (non-hydrogen) atoms. The SMILES string of the molecule is CNc1nc(C(C)(C)C)nc(NCC2(CCO)CC2)c1C. The van der Waals surface area contributed by atoms with Crippen molar-refractivity contribution in [2.75, 3.05) is 30.8 Å². The van der Waals surface area contributed by atoms with Crippen molar-refractivity contribution in [3.63, 3.8) is 0 Å². The van der Waals surface area contributed by atoms with Gasteiger partial charge in [-0.15, -0.1) is 0 Å². The lowest BCUT2D eigenvalue weighted by molar-refractivity contribution is 0.253. The highest BCUT2D eigenvalue weighted by atomic mass is 16.3. The van der Waals surface area contributed by atoms with Crippen LogP contribution in [0.1, 0.15) is 51.4 Å². The predicted octanol–water partition coefficient (Wildman–Crippen LogP) is 2.70. The van der Waals surface area contributed by atoms with E-state index < -0.39 is 0 Å². The van der Waals surface area contributed by atoms with Crippen LogP contribution in [0.25, 0.3) is 0 Å². The van der Waals surface area contributed by atoms with E-state index in [4.69, 9.17) is 10.1 Å². The third-order valence-electron chi connectivity index (χ3n) is 4.28. The molecule has 1 aromatic rings. The molecule has 0 radical (unpaired) electrons. The standard InChI is InChI=1S/C16H28N4O/c1-11-12(17-5)19-14(15(2,3)4)20-13(11)18-10-16(6-7-16)8-9-21/h21H,6-10H2,1-5H3,(H2,17,18,19,20). The van der Waals surface area contributed by atoms with Crippen molar-refractivity contribution in [2.24, 2.45) is 5.41 Å². The zero-order chi connectivity index (χ0) is 15.7. The van der Waals surface area contributed by atoms with Gasteiger partial charge in [0.1, 0.15) is 17.5 Å². The van der Waals surface area contributed by atoms with Crippen molar-refractivity contribution in [1.29, 1.82) is 0 Å². The molecule has 0 aromatic carbocycles. The summed E-state index contributed by atoms with van der Waals surface area (Å²) in [6, 6.07) is 0. The molecular weight excluding hydrogens is 264 g/mol. The lowest BCUT2D eigenvalue weighted by Crippen LogP contribution is -2.22. The molecule has 1 aliphatic carbocycles. The molecule has 1 aliphatic rings. The van der Waals surface area contributed by atoms with Crippen molar-refractivity contribution in [3.8, 4) is 0 Å². The second kappa shape index (κ2) is 5.79. The minimum atomic E-state index is -0.0852. The van der Waals surface area contributed by atoms with Crippen molar-refractivity contribution in [3.05, 3.63) is 11.4 Å². The highest BCUT2D eigenvalue weighted by molar-refractivity contribution is 5.57. The summed E-state index contributed by atoms with van der Waals surface area (Å²) in [5.41, 5.74) is 1.23. The van der Waals surface area contributed by atoms with Crippen LogP contribution in [0.3, 0.4) is 0 Å². The molecule has 0 bridgehead atoms. The van der Waals surface area contributed by atoms with Crippen LogP contribution in [-0.4, -0.2) is 35.3 Å². The minimum Gasteiger partial charge on any atom is -0.396 e. The van der Waals surface area contributed by atoms with Gasteiger partial charge in [-0.25, -0.2) is 9.97 Å². The minimum absolute atomic E-state index is 0.0852. The second-order valence-corrected chi connectivity index (χ2v) is 7.20. The summed E-state index contributed by atoms with van der Waals surface area (Å²) in [6.07, 6.45) is 3.25. The Morgan fingerprint density at radius 2 is 1.81 bits per heavy atom. The molecule has 1 fully saturated rings. The van der Waals surface area contributed by atoms with Gasteiger partial charge in [-0.3, -0.25) is 0 Å². The van der Waals surface area contributed by atoms with Gasteiger partial charge >= 0.3 is 0 Å². The Balaban J connectivity index is 2.21. The van der Waals surface area contributed by atoms with Gasteiger partial charge in [0, 0.05) is 31.2 Å². The summed E-state index contributed by atoms with van der Waals surface area (Å²) in [6.45, 7) is 9.53. The van der Waals surface area contributed by atoms with Crippen molar-refractivity contribution < 1.29 is 5.11 Å². The molecule has 0 unspecified atom stereocenters. The van der Waals surface area contributed by atoms with E-state index in [-0.39, 0.29) is 17.4 Å². The van der Waals surface area contributed by atoms with Gasteiger partial charge < -0.3 is 15.7 Å². The Morgan fingerprint density at radius 1 is 1.19 bits per heavy atom. The normalized spacial score (nSPS) is 16.7. The first-order valence-electron chi connectivity index (χ1n) is 7.73. The summed E-state index contributed by atoms with van der Waals surface area (Å²) in [5, 5.41) is 15.8.